The second-order valence-electron chi connectivity index (χ2n) is 4.67. The van der Waals surface area contributed by atoms with Gasteiger partial charge in [0.05, 0.1) is 0 Å². The van der Waals surface area contributed by atoms with Gasteiger partial charge in [-0.2, -0.15) is 0 Å². The fourth-order valence-electron chi connectivity index (χ4n) is 2.25. The summed E-state index contributed by atoms with van der Waals surface area (Å²) in [4.78, 5) is 13.8. The van der Waals surface area contributed by atoms with Crippen molar-refractivity contribution >= 4 is 28.9 Å². The van der Waals surface area contributed by atoms with Gasteiger partial charge in [0.2, 0.25) is 5.91 Å². The predicted octanol–water partition coefficient (Wildman–Crippen LogP) is 2.71. The van der Waals surface area contributed by atoms with Gasteiger partial charge >= 0.3 is 0 Å². The van der Waals surface area contributed by atoms with Crippen molar-refractivity contribution in [1.29, 1.82) is 0 Å². The maximum absolute atomic E-state index is 12.0. The summed E-state index contributed by atoms with van der Waals surface area (Å²) in [6.45, 7) is 0. The number of anilines is 1. The van der Waals surface area contributed by atoms with Crippen molar-refractivity contribution in [3.8, 4) is 0 Å². The maximum atomic E-state index is 12.0. The standard InChI is InChI=1S/C14H18N2OS/c1-16(12-9-3-2-4-10-12)14(18)15-13(17)11-7-5-6-8-11/h2-4,9-11H,5-8H2,1H3,(H,15,17,18). The maximum Gasteiger partial charge on any atom is 0.229 e. The Hall–Kier alpha value is -1.42. The van der Waals surface area contributed by atoms with Crippen molar-refractivity contribution in [1.82, 2.24) is 5.32 Å². The van der Waals surface area contributed by atoms with E-state index in [1.165, 1.54) is 0 Å². The summed E-state index contributed by atoms with van der Waals surface area (Å²) in [5.41, 5.74) is 0.981. The smallest absolute Gasteiger partial charge is 0.229 e. The van der Waals surface area contributed by atoms with Crippen LogP contribution in [0.25, 0.3) is 0 Å². The minimum atomic E-state index is 0.0697. The third-order valence-corrected chi connectivity index (χ3v) is 3.78. The molecule has 0 unspecified atom stereocenters. The highest BCUT2D eigenvalue weighted by Gasteiger charge is 2.23. The number of amides is 1. The van der Waals surface area contributed by atoms with E-state index in [2.05, 4.69) is 5.32 Å². The van der Waals surface area contributed by atoms with Crippen LogP contribution in [-0.2, 0) is 4.79 Å². The summed E-state index contributed by atoms with van der Waals surface area (Å²) in [5.74, 6) is 0.215. The fraction of sp³-hybridized carbons (Fsp3) is 0.429. The number of benzene rings is 1. The van der Waals surface area contributed by atoms with E-state index in [4.69, 9.17) is 12.2 Å². The zero-order valence-electron chi connectivity index (χ0n) is 10.6. The molecule has 1 aliphatic rings. The zero-order chi connectivity index (χ0) is 13.0. The van der Waals surface area contributed by atoms with Crippen LogP contribution < -0.4 is 10.2 Å². The van der Waals surface area contributed by atoms with E-state index < -0.39 is 0 Å². The second-order valence-corrected chi connectivity index (χ2v) is 5.06. The number of nitrogens with zero attached hydrogens (tertiary/aromatic N) is 1. The Morgan fingerprint density at radius 2 is 1.89 bits per heavy atom. The number of para-hydroxylation sites is 1. The molecule has 0 bridgehead atoms. The molecule has 0 radical (unpaired) electrons. The van der Waals surface area contributed by atoms with Crippen LogP contribution in [0.4, 0.5) is 5.69 Å². The third-order valence-electron chi connectivity index (χ3n) is 3.40. The Bertz CT molecular complexity index is 427. The molecule has 0 aromatic heterocycles. The van der Waals surface area contributed by atoms with Gasteiger partial charge in [-0.1, -0.05) is 31.0 Å². The molecule has 1 amide bonds. The van der Waals surface area contributed by atoms with Crippen molar-refractivity contribution < 1.29 is 4.79 Å². The Labute approximate surface area is 113 Å². The van der Waals surface area contributed by atoms with Gasteiger partial charge in [-0.3, -0.25) is 4.79 Å². The van der Waals surface area contributed by atoms with E-state index in [0.717, 1.165) is 31.4 Å². The molecule has 0 atom stereocenters. The van der Waals surface area contributed by atoms with Gasteiger partial charge in [-0.05, 0) is 37.2 Å². The molecule has 1 aliphatic carbocycles. The molecule has 0 aliphatic heterocycles. The average Bonchev–Trinajstić information content (AvgIpc) is 2.92. The summed E-state index contributed by atoms with van der Waals surface area (Å²) in [5, 5.41) is 3.31. The summed E-state index contributed by atoms with van der Waals surface area (Å²) >= 11 is 5.26. The van der Waals surface area contributed by atoms with Crippen molar-refractivity contribution in [2.75, 3.05) is 11.9 Å². The summed E-state index contributed by atoms with van der Waals surface area (Å²) in [7, 11) is 1.87. The molecule has 18 heavy (non-hydrogen) atoms. The highest BCUT2D eigenvalue weighted by molar-refractivity contribution is 7.80. The van der Waals surface area contributed by atoms with Gasteiger partial charge in [0.25, 0.3) is 0 Å². The number of nitrogens with one attached hydrogen (secondary N) is 1. The van der Waals surface area contributed by atoms with Crippen LogP contribution in [0.3, 0.4) is 0 Å². The van der Waals surface area contributed by atoms with E-state index in [1.54, 1.807) is 0 Å². The van der Waals surface area contributed by atoms with Gasteiger partial charge in [-0.15, -0.1) is 0 Å². The third kappa shape index (κ3) is 3.07. The first-order valence-electron chi connectivity index (χ1n) is 6.32. The van der Waals surface area contributed by atoms with Crippen molar-refractivity contribution in [2.45, 2.75) is 25.7 Å². The predicted molar refractivity (Wildman–Crippen MR) is 77.5 cm³/mol. The van der Waals surface area contributed by atoms with E-state index >= 15 is 0 Å². The number of rotatable bonds is 2. The zero-order valence-corrected chi connectivity index (χ0v) is 11.4. The number of thiocarbonyl (C=S) groups is 1. The largest absolute Gasteiger partial charge is 0.322 e. The Morgan fingerprint density at radius 3 is 2.50 bits per heavy atom. The van der Waals surface area contributed by atoms with Crippen molar-refractivity contribution in [2.24, 2.45) is 5.92 Å². The van der Waals surface area contributed by atoms with Crippen molar-refractivity contribution in [3.63, 3.8) is 0 Å². The Morgan fingerprint density at radius 1 is 1.28 bits per heavy atom. The lowest BCUT2D eigenvalue weighted by Crippen LogP contribution is -2.42. The molecule has 0 saturated heterocycles. The first-order valence-corrected chi connectivity index (χ1v) is 6.73. The first kappa shape index (κ1) is 13.0. The van der Waals surface area contributed by atoms with Gasteiger partial charge in [0.1, 0.15) is 0 Å². The summed E-state index contributed by atoms with van der Waals surface area (Å²) in [6, 6.07) is 9.79. The van der Waals surface area contributed by atoms with E-state index in [0.29, 0.717) is 5.11 Å². The Balaban J connectivity index is 1.93. The molecular weight excluding hydrogens is 244 g/mol. The SMILES string of the molecule is CN(C(=S)NC(=O)C1CCCC1)c1ccccc1. The first-order chi connectivity index (χ1) is 8.68. The van der Waals surface area contributed by atoms with Gasteiger partial charge in [0, 0.05) is 18.7 Å². The molecular formula is C14H18N2OS. The average molecular weight is 262 g/mol. The quantitative estimate of drug-likeness (QED) is 0.832. The summed E-state index contributed by atoms with van der Waals surface area (Å²) < 4.78 is 0. The van der Waals surface area contributed by atoms with E-state index in [9.17, 15) is 4.79 Å². The van der Waals surface area contributed by atoms with Crippen LogP contribution in [0.5, 0.6) is 0 Å². The van der Waals surface area contributed by atoms with Crippen molar-refractivity contribution in [3.05, 3.63) is 30.3 Å². The van der Waals surface area contributed by atoms with Crippen LogP contribution in [-0.4, -0.2) is 18.1 Å². The van der Waals surface area contributed by atoms with Crippen LogP contribution in [0.2, 0.25) is 0 Å². The van der Waals surface area contributed by atoms with Gasteiger partial charge < -0.3 is 10.2 Å². The fourth-order valence-corrected chi connectivity index (χ4v) is 2.45. The molecule has 3 nitrogen and oxygen atoms in total. The molecule has 4 heteroatoms. The lowest BCUT2D eigenvalue weighted by Gasteiger charge is -2.21. The number of hydrogen-bond acceptors (Lipinski definition) is 2. The minimum Gasteiger partial charge on any atom is -0.322 e. The van der Waals surface area contributed by atoms with Crippen LogP contribution in [0.15, 0.2) is 30.3 Å². The molecule has 2 rings (SSSR count). The topological polar surface area (TPSA) is 32.3 Å². The molecule has 1 aromatic rings. The highest BCUT2D eigenvalue weighted by Crippen LogP contribution is 2.24. The number of carbonyl (C=O) groups excluding carboxylic acids is 1. The summed E-state index contributed by atoms with van der Waals surface area (Å²) in [6.07, 6.45) is 4.28. The molecule has 1 N–H and O–H groups in total. The molecule has 96 valence electrons. The molecule has 1 aromatic carbocycles. The second kappa shape index (κ2) is 5.96. The van der Waals surface area contributed by atoms with Gasteiger partial charge in [-0.25, -0.2) is 0 Å². The minimum absolute atomic E-state index is 0.0697. The lowest BCUT2D eigenvalue weighted by atomic mass is 10.1. The monoisotopic (exact) mass is 262 g/mol. The van der Waals surface area contributed by atoms with Crippen LogP contribution >= 0.6 is 12.2 Å². The normalized spacial score (nSPS) is 15.4. The Kier molecular flexibility index (Phi) is 4.31. The van der Waals surface area contributed by atoms with Crippen LogP contribution in [0, 0.1) is 5.92 Å². The molecule has 1 fully saturated rings. The number of hydrogen-bond donors (Lipinski definition) is 1. The van der Waals surface area contributed by atoms with E-state index in [1.807, 2.05) is 42.3 Å². The van der Waals surface area contributed by atoms with E-state index in [-0.39, 0.29) is 11.8 Å². The van der Waals surface area contributed by atoms with Crippen LogP contribution in [0.1, 0.15) is 25.7 Å². The molecule has 0 spiro atoms. The molecule has 1 saturated carbocycles. The number of carbonyl (C=O) groups is 1. The highest BCUT2D eigenvalue weighted by atomic mass is 32.1. The molecule has 0 heterocycles. The van der Waals surface area contributed by atoms with Gasteiger partial charge in [0.15, 0.2) is 5.11 Å². The lowest BCUT2D eigenvalue weighted by molar-refractivity contribution is -0.123.